The van der Waals surface area contributed by atoms with Gasteiger partial charge in [0.2, 0.25) is 5.91 Å². The lowest BCUT2D eigenvalue weighted by Gasteiger charge is -2.17. The lowest BCUT2D eigenvalue weighted by Crippen LogP contribution is -2.42. The van der Waals surface area contributed by atoms with E-state index in [1.165, 1.54) is 7.05 Å². The topological polar surface area (TPSA) is 70.2 Å². The van der Waals surface area contributed by atoms with Crippen LogP contribution in [0.5, 0.6) is 0 Å². The van der Waals surface area contributed by atoms with Gasteiger partial charge < -0.3 is 16.0 Å². The van der Waals surface area contributed by atoms with E-state index in [9.17, 15) is 9.59 Å². The van der Waals surface area contributed by atoms with E-state index in [0.29, 0.717) is 5.02 Å². The van der Waals surface area contributed by atoms with E-state index >= 15 is 0 Å². The zero-order valence-corrected chi connectivity index (χ0v) is 13.2. The Bertz CT molecular complexity index is 703. The minimum absolute atomic E-state index is 0.0591. The van der Waals surface area contributed by atoms with E-state index in [1.807, 2.05) is 43.3 Å². The Labute approximate surface area is 134 Å². The molecule has 6 heteroatoms. The van der Waals surface area contributed by atoms with Gasteiger partial charge in [0.05, 0.1) is 12.6 Å². The highest BCUT2D eigenvalue weighted by molar-refractivity contribution is 6.35. The molecule has 3 amide bonds. The van der Waals surface area contributed by atoms with Crippen molar-refractivity contribution in [2.45, 2.75) is 13.0 Å². The first kappa shape index (κ1) is 16.1. The summed E-state index contributed by atoms with van der Waals surface area (Å²) in [7, 11) is 1.52. The number of halogens is 1. The number of nitrogens with one attached hydrogen (secondary N) is 3. The summed E-state index contributed by atoms with van der Waals surface area (Å²) in [5.74, 6) is -0.250. The standard InChI is InChI=1S/C16H18ClN3O2/c1-10(20-16(22)19-9-15(21)18-2)11-7-8-14(17)13-6-4-3-5-12(11)13/h3-8,10H,9H2,1-2H3,(H,18,21)(H2,19,20,22). The highest BCUT2D eigenvalue weighted by Gasteiger charge is 2.13. The Morgan fingerprint density at radius 1 is 1.14 bits per heavy atom. The van der Waals surface area contributed by atoms with Gasteiger partial charge in [0.15, 0.2) is 0 Å². The largest absolute Gasteiger partial charge is 0.358 e. The number of hydrogen-bond acceptors (Lipinski definition) is 2. The van der Waals surface area contributed by atoms with Gasteiger partial charge in [-0.3, -0.25) is 4.79 Å². The van der Waals surface area contributed by atoms with Crippen LogP contribution in [0.25, 0.3) is 10.8 Å². The molecule has 0 aromatic heterocycles. The maximum Gasteiger partial charge on any atom is 0.315 e. The van der Waals surface area contributed by atoms with Crippen molar-refractivity contribution in [2.24, 2.45) is 0 Å². The molecule has 0 fully saturated rings. The highest BCUT2D eigenvalue weighted by Crippen LogP contribution is 2.29. The van der Waals surface area contributed by atoms with E-state index in [-0.39, 0.29) is 18.5 Å². The number of amides is 3. The fraction of sp³-hybridized carbons (Fsp3) is 0.250. The predicted octanol–water partition coefficient (Wildman–Crippen LogP) is 2.60. The lowest BCUT2D eigenvalue weighted by molar-refractivity contribution is -0.119. The Hall–Kier alpha value is -2.27. The van der Waals surface area contributed by atoms with Crippen molar-refractivity contribution in [3.05, 3.63) is 47.0 Å². The summed E-state index contributed by atoms with van der Waals surface area (Å²) in [5.41, 5.74) is 0.968. The fourth-order valence-electron chi connectivity index (χ4n) is 2.24. The second-order valence-electron chi connectivity index (χ2n) is 4.90. The van der Waals surface area contributed by atoms with Crippen molar-refractivity contribution >= 4 is 34.3 Å². The quantitative estimate of drug-likeness (QED) is 0.810. The van der Waals surface area contributed by atoms with Crippen LogP contribution in [0.4, 0.5) is 4.79 Å². The molecule has 3 N–H and O–H groups in total. The molecule has 0 spiro atoms. The average Bonchev–Trinajstić information content (AvgIpc) is 2.53. The van der Waals surface area contributed by atoms with Crippen LogP contribution in [0, 0.1) is 0 Å². The second-order valence-corrected chi connectivity index (χ2v) is 5.31. The van der Waals surface area contributed by atoms with Crippen molar-refractivity contribution in [1.29, 1.82) is 0 Å². The number of carbonyl (C=O) groups excluding carboxylic acids is 2. The minimum Gasteiger partial charge on any atom is -0.358 e. The molecule has 0 aliphatic rings. The van der Waals surface area contributed by atoms with Gasteiger partial charge in [-0.05, 0) is 23.9 Å². The zero-order chi connectivity index (χ0) is 16.1. The Balaban J connectivity index is 2.13. The molecule has 0 saturated heterocycles. The van der Waals surface area contributed by atoms with E-state index < -0.39 is 6.03 Å². The molecule has 5 nitrogen and oxygen atoms in total. The third-order valence-electron chi connectivity index (χ3n) is 3.41. The van der Waals surface area contributed by atoms with Crippen LogP contribution in [-0.2, 0) is 4.79 Å². The molecule has 2 aromatic rings. The first-order valence-electron chi connectivity index (χ1n) is 6.95. The van der Waals surface area contributed by atoms with Crippen molar-refractivity contribution in [3.63, 3.8) is 0 Å². The molecular weight excluding hydrogens is 302 g/mol. The molecular formula is C16H18ClN3O2. The van der Waals surface area contributed by atoms with E-state index in [4.69, 9.17) is 11.6 Å². The number of hydrogen-bond donors (Lipinski definition) is 3. The third-order valence-corrected chi connectivity index (χ3v) is 3.74. The van der Waals surface area contributed by atoms with Crippen LogP contribution in [0.3, 0.4) is 0 Å². The fourth-order valence-corrected chi connectivity index (χ4v) is 2.47. The molecule has 0 aliphatic carbocycles. The summed E-state index contributed by atoms with van der Waals surface area (Å²) < 4.78 is 0. The zero-order valence-electron chi connectivity index (χ0n) is 12.4. The summed E-state index contributed by atoms with van der Waals surface area (Å²) >= 11 is 6.20. The van der Waals surface area contributed by atoms with E-state index in [2.05, 4.69) is 16.0 Å². The van der Waals surface area contributed by atoms with Gasteiger partial charge in [0.1, 0.15) is 0 Å². The molecule has 0 aliphatic heterocycles. The normalized spacial score (nSPS) is 11.8. The van der Waals surface area contributed by atoms with Gasteiger partial charge in [-0.25, -0.2) is 4.79 Å². The van der Waals surface area contributed by atoms with Gasteiger partial charge in [0.25, 0.3) is 0 Å². The summed E-state index contributed by atoms with van der Waals surface area (Å²) in [4.78, 5) is 22.9. The molecule has 0 radical (unpaired) electrons. The first-order chi connectivity index (χ1) is 10.5. The molecule has 1 atom stereocenters. The Morgan fingerprint density at radius 2 is 1.82 bits per heavy atom. The molecule has 2 aromatic carbocycles. The van der Waals surface area contributed by atoms with Crippen LogP contribution in [0.15, 0.2) is 36.4 Å². The number of likely N-dealkylation sites (N-methyl/N-ethyl adjacent to an activating group) is 1. The Morgan fingerprint density at radius 3 is 2.50 bits per heavy atom. The monoisotopic (exact) mass is 319 g/mol. The van der Waals surface area contributed by atoms with Gasteiger partial charge in [0, 0.05) is 17.5 Å². The van der Waals surface area contributed by atoms with Crippen molar-refractivity contribution in [2.75, 3.05) is 13.6 Å². The molecule has 116 valence electrons. The van der Waals surface area contributed by atoms with Crippen molar-refractivity contribution in [3.8, 4) is 0 Å². The minimum atomic E-state index is -0.393. The van der Waals surface area contributed by atoms with E-state index in [1.54, 1.807) is 0 Å². The van der Waals surface area contributed by atoms with Crippen LogP contribution >= 0.6 is 11.6 Å². The average molecular weight is 320 g/mol. The molecule has 1 unspecified atom stereocenters. The maximum absolute atomic E-state index is 11.8. The third kappa shape index (κ3) is 3.68. The summed E-state index contributed by atoms with van der Waals surface area (Å²) in [5, 5.41) is 10.4. The first-order valence-corrected chi connectivity index (χ1v) is 7.33. The molecule has 0 bridgehead atoms. The van der Waals surface area contributed by atoms with Gasteiger partial charge in [-0.2, -0.15) is 0 Å². The lowest BCUT2D eigenvalue weighted by atomic mass is 10.00. The van der Waals surface area contributed by atoms with Gasteiger partial charge >= 0.3 is 6.03 Å². The number of rotatable bonds is 4. The van der Waals surface area contributed by atoms with E-state index in [0.717, 1.165) is 16.3 Å². The maximum atomic E-state index is 11.8. The SMILES string of the molecule is CNC(=O)CNC(=O)NC(C)c1ccc(Cl)c2ccccc12. The number of fused-ring (bicyclic) bond motifs is 1. The molecule has 0 saturated carbocycles. The summed E-state index contributed by atoms with van der Waals surface area (Å²) in [6.07, 6.45) is 0. The molecule has 0 heterocycles. The van der Waals surface area contributed by atoms with Crippen LogP contribution in [0.2, 0.25) is 5.02 Å². The summed E-state index contributed by atoms with van der Waals surface area (Å²) in [6, 6.07) is 10.9. The van der Waals surface area contributed by atoms with Crippen LogP contribution < -0.4 is 16.0 Å². The molecule has 22 heavy (non-hydrogen) atoms. The summed E-state index contributed by atoms with van der Waals surface area (Å²) in [6.45, 7) is 1.82. The number of urea groups is 1. The second kappa shape index (κ2) is 7.13. The van der Waals surface area contributed by atoms with Crippen LogP contribution in [0.1, 0.15) is 18.5 Å². The number of benzene rings is 2. The van der Waals surface area contributed by atoms with Gasteiger partial charge in [-0.1, -0.05) is 41.9 Å². The van der Waals surface area contributed by atoms with Crippen molar-refractivity contribution < 1.29 is 9.59 Å². The number of carbonyl (C=O) groups is 2. The smallest absolute Gasteiger partial charge is 0.315 e. The predicted molar refractivity (Wildman–Crippen MR) is 88.0 cm³/mol. The Kier molecular flexibility index (Phi) is 5.22. The van der Waals surface area contributed by atoms with Crippen LogP contribution in [-0.4, -0.2) is 25.5 Å². The highest BCUT2D eigenvalue weighted by atomic mass is 35.5. The molecule has 2 rings (SSSR count). The van der Waals surface area contributed by atoms with Crippen molar-refractivity contribution in [1.82, 2.24) is 16.0 Å². The van der Waals surface area contributed by atoms with Gasteiger partial charge in [-0.15, -0.1) is 0 Å².